The first kappa shape index (κ1) is 16.5. The summed E-state index contributed by atoms with van der Waals surface area (Å²) in [4.78, 5) is 22.9. The average molecular weight is 365 g/mol. The van der Waals surface area contributed by atoms with E-state index in [1.54, 1.807) is 11.1 Å². The lowest BCUT2D eigenvalue weighted by Crippen LogP contribution is -2.36. The molecule has 4 rings (SSSR count). The molecule has 1 aromatic heterocycles. The van der Waals surface area contributed by atoms with Gasteiger partial charge in [-0.3, -0.25) is 4.79 Å². The Bertz CT molecular complexity index is 972. The summed E-state index contributed by atoms with van der Waals surface area (Å²) in [5, 5.41) is 0.691. The SMILES string of the molecule is Nc1ncc2c(n1)CN(C(=O)c1ccc(-c3cccc(Cl)c3)cc1)CC2. The normalized spacial score (nSPS) is 13.3. The van der Waals surface area contributed by atoms with E-state index in [9.17, 15) is 4.79 Å². The number of amides is 1. The molecule has 3 aromatic rings. The lowest BCUT2D eigenvalue weighted by molar-refractivity contribution is 0.0732. The summed E-state index contributed by atoms with van der Waals surface area (Å²) in [7, 11) is 0. The van der Waals surface area contributed by atoms with Gasteiger partial charge in [-0.15, -0.1) is 0 Å². The van der Waals surface area contributed by atoms with Gasteiger partial charge in [-0.1, -0.05) is 35.9 Å². The van der Waals surface area contributed by atoms with Gasteiger partial charge in [0.15, 0.2) is 0 Å². The molecule has 2 N–H and O–H groups in total. The van der Waals surface area contributed by atoms with Crippen molar-refractivity contribution in [3.8, 4) is 11.1 Å². The summed E-state index contributed by atoms with van der Waals surface area (Å²) in [5.74, 6) is 0.231. The largest absolute Gasteiger partial charge is 0.368 e. The topological polar surface area (TPSA) is 72.1 Å². The van der Waals surface area contributed by atoms with E-state index in [-0.39, 0.29) is 11.9 Å². The van der Waals surface area contributed by atoms with Crippen molar-refractivity contribution >= 4 is 23.5 Å². The third-order valence-corrected chi connectivity index (χ3v) is 4.78. The van der Waals surface area contributed by atoms with Gasteiger partial charge in [0.05, 0.1) is 12.2 Å². The molecule has 0 saturated heterocycles. The van der Waals surface area contributed by atoms with Gasteiger partial charge in [0, 0.05) is 23.3 Å². The van der Waals surface area contributed by atoms with Crippen molar-refractivity contribution in [1.29, 1.82) is 0 Å². The molecule has 0 fully saturated rings. The van der Waals surface area contributed by atoms with E-state index in [1.807, 2.05) is 48.5 Å². The molecule has 1 amide bonds. The third-order valence-electron chi connectivity index (χ3n) is 4.54. The van der Waals surface area contributed by atoms with Gasteiger partial charge in [-0.25, -0.2) is 9.97 Å². The monoisotopic (exact) mass is 364 g/mol. The molecule has 0 saturated carbocycles. The first-order chi connectivity index (χ1) is 12.6. The van der Waals surface area contributed by atoms with Crippen LogP contribution in [0.15, 0.2) is 54.7 Å². The standard InChI is InChI=1S/C20H17ClN4O/c21-17-3-1-2-15(10-17)13-4-6-14(7-5-13)19(26)25-9-8-16-11-23-20(22)24-18(16)12-25/h1-7,10-11H,8-9,12H2,(H2,22,23,24). The molecular formula is C20H17ClN4O. The number of nitrogen functional groups attached to an aromatic ring is 1. The van der Waals surface area contributed by atoms with Crippen molar-refractivity contribution in [3.05, 3.63) is 76.6 Å². The molecule has 0 unspecified atom stereocenters. The van der Waals surface area contributed by atoms with Crippen LogP contribution < -0.4 is 5.73 Å². The second-order valence-corrected chi connectivity index (χ2v) is 6.70. The quantitative estimate of drug-likeness (QED) is 0.754. The fraction of sp³-hybridized carbons (Fsp3) is 0.150. The smallest absolute Gasteiger partial charge is 0.254 e. The van der Waals surface area contributed by atoms with Crippen LogP contribution in [0.5, 0.6) is 0 Å². The number of hydrogen-bond acceptors (Lipinski definition) is 4. The molecule has 0 bridgehead atoms. The molecule has 5 nitrogen and oxygen atoms in total. The maximum atomic E-state index is 12.8. The van der Waals surface area contributed by atoms with Gasteiger partial charge in [0.25, 0.3) is 5.91 Å². The van der Waals surface area contributed by atoms with Crippen LogP contribution in [0.2, 0.25) is 5.02 Å². The maximum Gasteiger partial charge on any atom is 0.254 e. The number of nitrogens with two attached hydrogens (primary N) is 1. The Morgan fingerprint density at radius 1 is 1.12 bits per heavy atom. The average Bonchev–Trinajstić information content (AvgIpc) is 2.67. The van der Waals surface area contributed by atoms with E-state index >= 15 is 0 Å². The number of nitrogens with zero attached hydrogens (tertiary/aromatic N) is 3. The summed E-state index contributed by atoms with van der Waals surface area (Å²) < 4.78 is 0. The van der Waals surface area contributed by atoms with Crippen LogP contribution in [0, 0.1) is 0 Å². The Morgan fingerprint density at radius 3 is 2.69 bits per heavy atom. The zero-order chi connectivity index (χ0) is 18.1. The molecular weight excluding hydrogens is 348 g/mol. The van der Waals surface area contributed by atoms with Gasteiger partial charge >= 0.3 is 0 Å². The van der Waals surface area contributed by atoms with Crippen LogP contribution in [0.25, 0.3) is 11.1 Å². The van der Waals surface area contributed by atoms with E-state index in [4.69, 9.17) is 17.3 Å². The van der Waals surface area contributed by atoms with E-state index in [1.165, 1.54) is 0 Å². The lowest BCUT2D eigenvalue weighted by atomic mass is 10.0. The van der Waals surface area contributed by atoms with Crippen molar-refractivity contribution < 1.29 is 4.79 Å². The van der Waals surface area contributed by atoms with Crippen molar-refractivity contribution in [2.75, 3.05) is 12.3 Å². The number of benzene rings is 2. The summed E-state index contributed by atoms with van der Waals surface area (Å²) in [6, 6.07) is 15.2. The number of halogens is 1. The molecule has 130 valence electrons. The van der Waals surface area contributed by atoms with E-state index in [0.29, 0.717) is 23.7 Å². The number of fused-ring (bicyclic) bond motifs is 1. The zero-order valence-corrected chi connectivity index (χ0v) is 14.8. The predicted octanol–water partition coefficient (Wildman–Crippen LogP) is 3.58. The summed E-state index contributed by atoms with van der Waals surface area (Å²) >= 11 is 6.05. The first-order valence-electron chi connectivity index (χ1n) is 8.36. The minimum absolute atomic E-state index is 0.00882. The fourth-order valence-electron chi connectivity index (χ4n) is 3.15. The number of carbonyl (C=O) groups excluding carboxylic acids is 1. The van der Waals surface area contributed by atoms with Crippen LogP contribution in [-0.4, -0.2) is 27.3 Å². The van der Waals surface area contributed by atoms with Gasteiger partial charge in [-0.2, -0.15) is 0 Å². The van der Waals surface area contributed by atoms with Gasteiger partial charge < -0.3 is 10.6 Å². The Labute approximate surface area is 156 Å². The zero-order valence-electron chi connectivity index (χ0n) is 14.0. The van der Waals surface area contributed by atoms with Crippen molar-refractivity contribution in [3.63, 3.8) is 0 Å². The molecule has 26 heavy (non-hydrogen) atoms. The van der Waals surface area contributed by atoms with Crippen molar-refractivity contribution in [2.24, 2.45) is 0 Å². The number of anilines is 1. The van der Waals surface area contributed by atoms with Gasteiger partial charge in [0.1, 0.15) is 0 Å². The maximum absolute atomic E-state index is 12.8. The highest BCUT2D eigenvalue weighted by Crippen LogP contribution is 2.24. The molecule has 0 aliphatic carbocycles. The number of rotatable bonds is 2. The summed E-state index contributed by atoms with van der Waals surface area (Å²) in [5.41, 5.74) is 10.2. The minimum atomic E-state index is -0.00882. The molecule has 1 aliphatic rings. The van der Waals surface area contributed by atoms with Crippen LogP contribution in [0.3, 0.4) is 0 Å². The second kappa shape index (κ2) is 6.77. The van der Waals surface area contributed by atoms with E-state index in [2.05, 4.69) is 9.97 Å². The number of aromatic nitrogens is 2. The molecule has 2 aromatic carbocycles. The number of carbonyl (C=O) groups is 1. The minimum Gasteiger partial charge on any atom is -0.368 e. The molecule has 0 atom stereocenters. The highest BCUT2D eigenvalue weighted by atomic mass is 35.5. The Morgan fingerprint density at radius 2 is 1.92 bits per heavy atom. The second-order valence-electron chi connectivity index (χ2n) is 6.26. The molecule has 0 spiro atoms. The molecule has 0 radical (unpaired) electrons. The first-order valence-corrected chi connectivity index (χ1v) is 8.73. The van der Waals surface area contributed by atoms with Gasteiger partial charge in [0.2, 0.25) is 5.95 Å². The lowest BCUT2D eigenvalue weighted by Gasteiger charge is -2.28. The molecule has 2 heterocycles. The molecule has 1 aliphatic heterocycles. The Kier molecular flexibility index (Phi) is 4.31. The van der Waals surface area contributed by atoms with E-state index < -0.39 is 0 Å². The van der Waals surface area contributed by atoms with Crippen molar-refractivity contribution in [2.45, 2.75) is 13.0 Å². The Balaban J connectivity index is 1.54. The van der Waals surface area contributed by atoms with Crippen molar-refractivity contribution in [1.82, 2.24) is 14.9 Å². The summed E-state index contributed by atoms with van der Waals surface area (Å²) in [6.45, 7) is 1.10. The highest BCUT2D eigenvalue weighted by Gasteiger charge is 2.23. The van der Waals surface area contributed by atoms with E-state index in [0.717, 1.165) is 28.8 Å². The van der Waals surface area contributed by atoms with Crippen LogP contribution in [-0.2, 0) is 13.0 Å². The predicted molar refractivity (Wildman–Crippen MR) is 102 cm³/mol. The van der Waals surface area contributed by atoms with Crippen LogP contribution in [0.4, 0.5) is 5.95 Å². The van der Waals surface area contributed by atoms with Gasteiger partial charge in [-0.05, 0) is 47.4 Å². The molecule has 6 heteroatoms. The van der Waals surface area contributed by atoms with Crippen LogP contribution in [0.1, 0.15) is 21.6 Å². The van der Waals surface area contributed by atoms with Crippen LogP contribution >= 0.6 is 11.6 Å². The fourth-order valence-corrected chi connectivity index (χ4v) is 3.34. The summed E-state index contributed by atoms with van der Waals surface area (Å²) in [6.07, 6.45) is 2.49. The highest BCUT2D eigenvalue weighted by molar-refractivity contribution is 6.30. The number of hydrogen-bond donors (Lipinski definition) is 1. The third kappa shape index (κ3) is 3.26. The Hall–Kier alpha value is -2.92.